The first-order valence-corrected chi connectivity index (χ1v) is 7.81. The van der Waals surface area contributed by atoms with E-state index in [1.54, 1.807) is 4.90 Å². The molecule has 1 aromatic carbocycles. The lowest BCUT2D eigenvalue weighted by molar-refractivity contribution is -0.118. The minimum absolute atomic E-state index is 0.216. The number of carbonyl (C=O) groups excluding carboxylic acids is 1. The van der Waals surface area contributed by atoms with Crippen LogP contribution in [0.3, 0.4) is 0 Å². The molecule has 1 atom stereocenters. The van der Waals surface area contributed by atoms with Crippen LogP contribution in [-0.4, -0.2) is 37.5 Å². The molecule has 0 saturated carbocycles. The molecule has 114 valence electrons. The Hall–Kier alpha value is -1.39. The number of fused-ring (bicyclic) bond motifs is 1. The molecule has 0 bridgehead atoms. The van der Waals surface area contributed by atoms with Crippen LogP contribution in [0.25, 0.3) is 0 Å². The van der Waals surface area contributed by atoms with Gasteiger partial charge in [-0.05, 0) is 48.5 Å². The van der Waals surface area contributed by atoms with Gasteiger partial charge in [0, 0.05) is 32.2 Å². The van der Waals surface area contributed by atoms with E-state index in [2.05, 4.69) is 30.0 Å². The Morgan fingerprint density at radius 2 is 2.14 bits per heavy atom. The lowest BCUT2D eigenvalue weighted by Gasteiger charge is -2.27. The first-order chi connectivity index (χ1) is 10.0. The van der Waals surface area contributed by atoms with Gasteiger partial charge in [0.25, 0.3) is 0 Å². The molecule has 0 spiro atoms. The van der Waals surface area contributed by atoms with Gasteiger partial charge in [-0.15, -0.1) is 0 Å². The molecule has 0 aliphatic carbocycles. The molecule has 1 fully saturated rings. The van der Waals surface area contributed by atoms with Gasteiger partial charge in [-0.1, -0.05) is 19.1 Å². The van der Waals surface area contributed by atoms with E-state index in [-0.39, 0.29) is 11.3 Å². The molecule has 0 radical (unpaired) electrons. The van der Waals surface area contributed by atoms with E-state index in [0.29, 0.717) is 6.42 Å². The van der Waals surface area contributed by atoms with Crippen molar-refractivity contribution in [3.05, 3.63) is 29.3 Å². The van der Waals surface area contributed by atoms with Gasteiger partial charge in [-0.3, -0.25) is 9.69 Å². The molecule has 2 aliphatic rings. The molecule has 4 nitrogen and oxygen atoms in total. The monoisotopic (exact) mass is 287 g/mol. The van der Waals surface area contributed by atoms with Crippen molar-refractivity contribution in [2.75, 3.05) is 31.6 Å². The fraction of sp³-hybridized carbons (Fsp3) is 0.588. The van der Waals surface area contributed by atoms with Crippen LogP contribution < -0.4 is 10.6 Å². The maximum absolute atomic E-state index is 11.7. The number of benzene rings is 1. The first-order valence-electron chi connectivity index (χ1n) is 7.81. The van der Waals surface area contributed by atoms with Gasteiger partial charge in [-0.25, -0.2) is 0 Å². The molecule has 1 amide bonds. The standard InChI is InChI=1S/C17H25N3O/c1-17(11-18)7-8-20(12-17)10-13-3-5-15-14(9-13)4-6-16(21)19(15)2/h3,5,9H,4,6-8,10-12,18H2,1-2H3. The topological polar surface area (TPSA) is 49.6 Å². The van der Waals surface area contributed by atoms with Gasteiger partial charge >= 0.3 is 0 Å². The highest BCUT2D eigenvalue weighted by molar-refractivity contribution is 5.95. The van der Waals surface area contributed by atoms with E-state index in [4.69, 9.17) is 5.73 Å². The van der Waals surface area contributed by atoms with Gasteiger partial charge in [0.15, 0.2) is 0 Å². The fourth-order valence-electron chi connectivity index (χ4n) is 3.49. The summed E-state index contributed by atoms with van der Waals surface area (Å²) in [4.78, 5) is 16.0. The number of amides is 1. The number of nitrogens with two attached hydrogens (primary N) is 1. The van der Waals surface area contributed by atoms with Crippen LogP contribution in [0.4, 0.5) is 5.69 Å². The van der Waals surface area contributed by atoms with Crippen LogP contribution in [0.2, 0.25) is 0 Å². The van der Waals surface area contributed by atoms with Crippen molar-refractivity contribution in [2.24, 2.45) is 11.1 Å². The van der Waals surface area contributed by atoms with E-state index in [1.807, 2.05) is 7.05 Å². The largest absolute Gasteiger partial charge is 0.330 e. The smallest absolute Gasteiger partial charge is 0.227 e. The lowest BCUT2D eigenvalue weighted by atomic mass is 9.90. The predicted octanol–water partition coefficient (Wildman–Crippen LogP) is 1.77. The minimum Gasteiger partial charge on any atom is -0.330 e. The van der Waals surface area contributed by atoms with Gasteiger partial charge in [-0.2, -0.15) is 0 Å². The van der Waals surface area contributed by atoms with Crippen molar-refractivity contribution >= 4 is 11.6 Å². The summed E-state index contributed by atoms with van der Waals surface area (Å²) < 4.78 is 0. The zero-order chi connectivity index (χ0) is 15.0. The van der Waals surface area contributed by atoms with Gasteiger partial charge in [0.2, 0.25) is 5.91 Å². The second-order valence-electron chi connectivity index (χ2n) is 6.89. The summed E-state index contributed by atoms with van der Waals surface area (Å²) in [5.74, 6) is 0.216. The number of aryl methyl sites for hydroxylation is 1. The number of carbonyl (C=O) groups is 1. The van der Waals surface area contributed by atoms with Crippen molar-refractivity contribution < 1.29 is 4.79 Å². The van der Waals surface area contributed by atoms with Crippen LogP contribution in [0.1, 0.15) is 30.9 Å². The molecule has 3 rings (SSSR count). The average Bonchev–Trinajstić information content (AvgIpc) is 2.85. The van der Waals surface area contributed by atoms with Crippen molar-refractivity contribution in [3.8, 4) is 0 Å². The third kappa shape index (κ3) is 2.83. The average molecular weight is 287 g/mol. The van der Waals surface area contributed by atoms with Crippen LogP contribution >= 0.6 is 0 Å². The molecule has 2 aliphatic heterocycles. The first kappa shape index (κ1) is 14.5. The summed E-state index contributed by atoms with van der Waals surface area (Å²) in [6.07, 6.45) is 2.68. The zero-order valence-corrected chi connectivity index (χ0v) is 13.1. The summed E-state index contributed by atoms with van der Waals surface area (Å²) in [5.41, 5.74) is 9.88. The van der Waals surface area contributed by atoms with Crippen LogP contribution in [-0.2, 0) is 17.8 Å². The quantitative estimate of drug-likeness (QED) is 0.921. The zero-order valence-electron chi connectivity index (χ0n) is 13.1. The molecule has 21 heavy (non-hydrogen) atoms. The Morgan fingerprint density at radius 1 is 1.33 bits per heavy atom. The molecule has 1 saturated heterocycles. The molecular formula is C17H25N3O. The number of hydrogen-bond donors (Lipinski definition) is 1. The summed E-state index contributed by atoms with van der Waals surface area (Å²) in [6, 6.07) is 6.53. The number of hydrogen-bond acceptors (Lipinski definition) is 3. The van der Waals surface area contributed by atoms with Crippen molar-refractivity contribution in [2.45, 2.75) is 32.7 Å². The molecule has 1 aromatic rings. The van der Waals surface area contributed by atoms with Gasteiger partial charge < -0.3 is 10.6 Å². The summed E-state index contributed by atoms with van der Waals surface area (Å²) in [5, 5.41) is 0. The maximum Gasteiger partial charge on any atom is 0.227 e. The van der Waals surface area contributed by atoms with Gasteiger partial charge in [0.1, 0.15) is 0 Å². The summed E-state index contributed by atoms with van der Waals surface area (Å²) in [6.45, 7) is 6.24. The molecule has 4 heteroatoms. The molecule has 2 heterocycles. The second-order valence-corrected chi connectivity index (χ2v) is 6.89. The third-order valence-corrected chi connectivity index (χ3v) is 5.02. The summed E-state index contributed by atoms with van der Waals surface area (Å²) >= 11 is 0. The Bertz CT molecular complexity index is 557. The van der Waals surface area contributed by atoms with Crippen molar-refractivity contribution in [3.63, 3.8) is 0 Å². The minimum atomic E-state index is 0.216. The second kappa shape index (κ2) is 5.43. The maximum atomic E-state index is 11.7. The Kier molecular flexibility index (Phi) is 3.76. The van der Waals surface area contributed by atoms with Crippen LogP contribution in [0.5, 0.6) is 0 Å². The Balaban J connectivity index is 1.72. The van der Waals surface area contributed by atoms with E-state index in [1.165, 1.54) is 17.5 Å². The van der Waals surface area contributed by atoms with Crippen LogP contribution in [0.15, 0.2) is 18.2 Å². The Morgan fingerprint density at radius 3 is 2.86 bits per heavy atom. The molecule has 0 aromatic heterocycles. The number of rotatable bonds is 3. The molecular weight excluding hydrogens is 262 g/mol. The summed E-state index contributed by atoms with van der Waals surface area (Å²) in [7, 11) is 1.87. The highest BCUT2D eigenvalue weighted by Gasteiger charge is 2.32. The normalized spacial score (nSPS) is 26.2. The Labute approximate surface area is 126 Å². The highest BCUT2D eigenvalue weighted by atomic mass is 16.2. The lowest BCUT2D eigenvalue weighted by Crippen LogP contribution is -2.32. The van der Waals surface area contributed by atoms with Crippen LogP contribution in [0, 0.1) is 5.41 Å². The van der Waals surface area contributed by atoms with E-state index in [9.17, 15) is 4.79 Å². The SMILES string of the molecule is CN1C(=O)CCc2cc(CN3CCC(C)(CN)C3)ccc21. The fourth-order valence-corrected chi connectivity index (χ4v) is 3.49. The highest BCUT2D eigenvalue weighted by Crippen LogP contribution is 2.31. The molecule has 1 unspecified atom stereocenters. The number of nitrogens with zero attached hydrogens (tertiary/aromatic N) is 2. The van der Waals surface area contributed by atoms with E-state index >= 15 is 0 Å². The number of anilines is 1. The van der Waals surface area contributed by atoms with Crippen molar-refractivity contribution in [1.29, 1.82) is 0 Å². The predicted molar refractivity (Wildman–Crippen MR) is 85.2 cm³/mol. The van der Waals surface area contributed by atoms with E-state index in [0.717, 1.165) is 38.3 Å². The van der Waals surface area contributed by atoms with Crippen molar-refractivity contribution in [1.82, 2.24) is 4.90 Å². The molecule has 2 N–H and O–H groups in total. The van der Waals surface area contributed by atoms with Gasteiger partial charge in [0.05, 0.1) is 0 Å². The van der Waals surface area contributed by atoms with E-state index < -0.39 is 0 Å². The third-order valence-electron chi connectivity index (χ3n) is 5.02. The number of likely N-dealkylation sites (tertiary alicyclic amines) is 1.